The number of carbonyl (C=O) groups is 2. The topological polar surface area (TPSA) is 107 Å². The van der Waals surface area contributed by atoms with Gasteiger partial charge in [0.05, 0.1) is 24.5 Å². The highest BCUT2D eigenvalue weighted by Crippen LogP contribution is 2.42. The molecule has 3 aliphatic heterocycles. The molecule has 0 saturated carbocycles. The quantitative estimate of drug-likeness (QED) is 0.502. The van der Waals surface area contributed by atoms with Gasteiger partial charge in [0.2, 0.25) is 11.9 Å². The Morgan fingerprint density at radius 1 is 1.18 bits per heavy atom. The van der Waals surface area contributed by atoms with E-state index in [1.807, 2.05) is 41.4 Å². The minimum atomic E-state index is -0.114. The van der Waals surface area contributed by atoms with Crippen molar-refractivity contribution in [2.45, 2.75) is 25.3 Å². The van der Waals surface area contributed by atoms with Gasteiger partial charge in [0.15, 0.2) is 5.65 Å². The average molecular weight is 533 g/mol. The Labute approximate surface area is 227 Å². The van der Waals surface area contributed by atoms with E-state index in [1.165, 1.54) is 0 Å². The van der Waals surface area contributed by atoms with Crippen LogP contribution < -0.4 is 5.32 Å². The van der Waals surface area contributed by atoms with Crippen molar-refractivity contribution < 1.29 is 9.59 Å². The van der Waals surface area contributed by atoms with Crippen LogP contribution >= 0.6 is 0 Å². The Morgan fingerprint density at radius 2 is 1.97 bits per heavy atom. The minimum absolute atomic E-state index is 0.0791. The summed E-state index contributed by atoms with van der Waals surface area (Å²) in [4.78, 5) is 38.5. The van der Waals surface area contributed by atoms with Crippen molar-refractivity contribution in [2.75, 3.05) is 58.7 Å². The second kappa shape index (κ2) is 9.99. The molecule has 12 heteroatoms. The van der Waals surface area contributed by atoms with Gasteiger partial charge in [0, 0.05) is 64.1 Å². The molecule has 3 aliphatic rings. The Bertz CT molecular complexity index is 1390. The number of rotatable bonds is 5. The number of anilines is 2. The monoisotopic (exact) mass is 532 g/mol. The lowest BCUT2D eigenvalue weighted by Gasteiger charge is -2.55. The van der Waals surface area contributed by atoms with Gasteiger partial charge in [-0.1, -0.05) is 18.2 Å². The number of hydrogen-bond acceptors (Lipinski definition) is 7. The summed E-state index contributed by atoms with van der Waals surface area (Å²) in [6, 6.07) is 3.97. The SMILES string of the molecule is CN(C)C(=O)CN1CCC2(CC1)CN(C(=O)N1CC=CCC1c1cccn3nc(Nc4cnn(C)c4)nc13)C2. The molecule has 0 bridgehead atoms. The lowest BCUT2D eigenvalue weighted by molar-refractivity contribution is -0.131. The first-order valence-electron chi connectivity index (χ1n) is 13.5. The Morgan fingerprint density at radius 3 is 2.69 bits per heavy atom. The number of pyridine rings is 1. The number of fused-ring (bicyclic) bond motifs is 1. The van der Waals surface area contributed by atoms with E-state index in [0.717, 1.165) is 62.3 Å². The fourth-order valence-electron chi connectivity index (χ4n) is 5.94. The molecule has 6 rings (SSSR count). The third-order valence-electron chi connectivity index (χ3n) is 8.26. The molecule has 0 aliphatic carbocycles. The number of aromatic nitrogens is 5. The van der Waals surface area contributed by atoms with E-state index >= 15 is 0 Å². The van der Waals surface area contributed by atoms with Crippen LogP contribution in [0.15, 0.2) is 42.9 Å². The van der Waals surface area contributed by atoms with Gasteiger partial charge in [-0.2, -0.15) is 10.1 Å². The van der Waals surface area contributed by atoms with Gasteiger partial charge in [-0.3, -0.25) is 14.4 Å². The molecule has 1 atom stereocenters. The molecule has 1 spiro atoms. The van der Waals surface area contributed by atoms with Crippen molar-refractivity contribution in [3.8, 4) is 0 Å². The molecule has 6 heterocycles. The van der Waals surface area contributed by atoms with E-state index < -0.39 is 0 Å². The van der Waals surface area contributed by atoms with E-state index in [-0.39, 0.29) is 23.4 Å². The smallest absolute Gasteiger partial charge is 0.320 e. The van der Waals surface area contributed by atoms with E-state index in [0.29, 0.717) is 19.0 Å². The molecule has 3 aromatic heterocycles. The molecule has 206 valence electrons. The van der Waals surface area contributed by atoms with Gasteiger partial charge in [-0.25, -0.2) is 9.31 Å². The van der Waals surface area contributed by atoms with Crippen molar-refractivity contribution in [2.24, 2.45) is 12.5 Å². The lowest BCUT2D eigenvalue weighted by atomic mass is 9.72. The Balaban J connectivity index is 1.13. The molecule has 3 amide bonds. The van der Waals surface area contributed by atoms with Crippen molar-refractivity contribution in [3.63, 3.8) is 0 Å². The summed E-state index contributed by atoms with van der Waals surface area (Å²) < 4.78 is 3.49. The van der Waals surface area contributed by atoms with Gasteiger partial charge in [0.1, 0.15) is 0 Å². The number of aryl methyl sites for hydroxylation is 1. The zero-order valence-corrected chi connectivity index (χ0v) is 22.8. The Hall–Kier alpha value is -3.93. The molecule has 3 aromatic rings. The number of hydrogen-bond donors (Lipinski definition) is 1. The number of nitrogens with zero attached hydrogens (tertiary/aromatic N) is 9. The first-order valence-corrected chi connectivity index (χ1v) is 13.5. The van der Waals surface area contributed by atoms with E-state index in [9.17, 15) is 9.59 Å². The first-order chi connectivity index (χ1) is 18.8. The van der Waals surface area contributed by atoms with E-state index in [4.69, 9.17) is 4.98 Å². The number of piperidine rings is 1. The van der Waals surface area contributed by atoms with Crippen LogP contribution in [0, 0.1) is 5.41 Å². The molecular formula is C27H36N10O2. The normalized spacial score (nSPS) is 20.8. The van der Waals surface area contributed by atoms with Crippen LogP contribution in [0.1, 0.15) is 30.9 Å². The predicted octanol–water partition coefficient (Wildman–Crippen LogP) is 2.12. The molecule has 2 saturated heterocycles. The summed E-state index contributed by atoms with van der Waals surface area (Å²) in [7, 11) is 5.46. The molecule has 39 heavy (non-hydrogen) atoms. The van der Waals surface area contributed by atoms with Crippen LogP contribution in [0.2, 0.25) is 0 Å². The fraction of sp³-hybridized carbons (Fsp3) is 0.519. The zero-order chi connectivity index (χ0) is 27.1. The number of carbonyl (C=O) groups excluding carboxylic acids is 2. The summed E-state index contributed by atoms with van der Waals surface area (Å²) in [5.74, 6) is 0.631. The van der Waals surface area contributed by atoms with Crippen molar-refractivity contribution in [3.05, 3.63) is 48.4 Å². The largest absolute Gasteiger partial charge is 0.348 e. The molecular weight excluding hydrogens is 496 g/mol. The predicted molar refractivity (Wildman–Crippen MR) is 146 cm³/mol. The number of likely N-dealkylation sites (N-methyl/N-ethyl adjacent to an activating group) is 1. The second-order valence-corrected chi connectivity index (χ2v) is 11.3. The molecule has 12 nitrogen and oxygen atoms in total. The van der Waals surface area contributed by atoms with E-state index in [2.05, 4.69) is 32.6 Å². The third-order valence-corrected chi connectivity index (χ3v) is 8.26. The van der Waals surface area contributed by atoms with Crippen LogP contribution in [0.25, 0.3) is 5.65 Å². The van der Waals surface area contributed by atoms with E-state index in [1.54, 1.807) is 34.4 Å². The maximum Gasteiger partial charge on any atom is 0.320 e. The van der Waals surface area contributed by atoms with Crippen LogP contribution in [0.3, 0.4) is 0 Å². The number of nitrogens with one attached hydrogen (secondary N) is 1. The van der Waals surface area contributed by atoms with Crippen molar-refractivity contribution in [1.29, 1.82) is 0 Å². The summed E-state index contributed by atoms with van der Waals surface area (Å²) in [5, 5.41) is 12.0. The minimum Gasteiger partial charge on any atom is -0.348 e. The molecule has 2 fully saturated rings. The van der Waals surface area contributed by atoms with Crippen molar-refractivity contribution >= 4 is 29.2 Å². The Kier molecular flexibility index (Phi) is 6.49. The molecule has 0 radical (unpaired) electrons. The fourth-order valence-corrected chi connectivity index (χ4v) is 5.94. The third kappa shape index (κ3) is 4.96. The highest BCUT2D eigenvalue weighted by molar-refractivity contribution is 5.78. The van der Waals surface area contributed by atoms with Gasteiger partial charge < -0.3 is 20.0 Å². The average Bonchev–Trinajstić information content (AvgIpc) is 3.52. The molecule has 1 unspecified atom stereocenters. The standard InChI is InChI=1S/C27H36N10O2/c1-32(2)23(38)17-34-13-9-27(10-14-34)18-35(19-27)26(39)36-11-5-4-8-22(36)21-7-6-12-37-24(21)30-25(31-37)29-20-15-28-33(3)16-20/h4-7,12,15-16,22H,8-11,13-14,17-19H2,1-3H3,(H,29,31). The summed E-state index contributed by atoms with van der Waals surface area (Å²) in [6.07, 6.45) is 12.5. The number of amides is 3. The zero-order valence-electron chi connectivity index (χ0n) is 22.8. The van der Waals surface area contributed by atoms with Crippen molar-refractivity contribution in [1.82, 2.24) is 44.0 Å². The van der Waals surface area contributed by atoms with Gasteiger partial charge in [-0.15, -0.1) is 5.10 Å². The highest BCUT2D eigenvalue weighted by atomic mass is 16.2. The summed E-state index contributed by atoms with van der Waals surface area (Å²) >= 11 is 0. The number of urea groups is 1. The highest BCUT2D eigenvalue weighted by Gasteiger charge is 2.48. The first kappa shape index (κ1) is 25.4. The maximum atomic E-state index is 13.8. The van der Waals surface area contributed by atoms with Crippen LogP contribution in [-0.2, 0) is 11.8 Å². The van der Waals surface area contributed by atoms with Gasteiger partial charge in [-0.05, 0) is 38.4 Å². The lowest BCUT2D eigenvalue weighted by Crippen LogP contribution is -2.64. The van der Waals surface area contributed by atoms with Crippen LogP contribution in [0.5, 0.6) is 0 Å². The van der Waals surface area contributed by atoms with Gasteiger partial charge >= 0.3 is 6.03 Å². The maximum absolute atomic E-state index is 13.8. The van der Waals surface area contributed by atoms with Gasteiger partial charge in [0.25, 0.3) is 0 Å². The van der Waals surface area contributed by atoms with Crippen LogP contribution in [0.4, 0.5) is 16.4 Å². The van der Waals surface area contributed by atoms with Crippen LogP contribution in [-0.4, -0.2) is 109 Å². The second-order valence-electron chi connectivity index (χ2n) is 11.3. The summed E-state index contributed by atoms with van der Waals surface area (Å²) in [6.45, 7) is 4.41. The molecule has 0 aromatic carbocycles. The summed E-state index contributed by atoms with van der Waals surface area (Å²) in [5.41, 5.74) is 2.71. The molecule has 1 N–H and O–H groups in total. The number of likely N-dealkylation sites (tertiary alicyclic amines) is 2.